The van der Waals surface area contributed by atoms with Crippen molar-refractivity contribution in [1.29, 1.82) is 0 Å². The molecule has 7 rings (SSSR count). The molecular formula is C47H48IrN2O-2. The molecule has 263 valence electrons. The van der Waals surface area contributed by atoms with Gasteiger partial charge in [-0.05, 0) is 78.6 Å². The van der Waals surface area contributed by atoms with Crippen LogP contribution in [0.4, 0.5) is 0 Å². The SMILES string of the molecule is Cc1c[c-]c(-c2cc(CC(C)C)c(C)cn2)cc1.Cc1cnc(-c2[c-]c(C(C)c3ccccc3)c3oc4ccccc4c3c2)cc1CC(C)C.[Ir]. The van der Waals surface area contributed by atoms with Gasteiger partial charge < -0.3 is 14.4 Å². The van der Waals surface area contributed by atoms with Crippen LogP contribution in [-0.2, 0) is 32.9 Å². The van der Waals surface area contributed by atoms with Crippen LogP contribution < -0.4 is 0 Å². The Bertz CT molecular complexity index is 2210. The van der Waals surface area contributed by atoms with Crippen molar-refractivity contribution in [2.24, 2.45) is 11.8 Å². The van der Waals surface area contributed by atoms with Gasteiger partial charge >= 0.3 is 0 Å². The normalized spacial score (nSPS) is 11.8. The fourth-order valence-corrected chi connectivity index (χ4v) is 6.55. The molecule has 0 fully saturated rings. The number of nitrogens with zero attached hydrogens (tertiary/aromatic N) is 2. The van der Waals surface area contributed by atoms with Crippen molar-refractivity contribution in [2.45, 2.75) is 74.1 Å². The fourth-order valence-electron chi connectivity index (χ4n) is 6.55. The van der Waals surface area contributed by atoms with Gasteiger partial charge in [0.2, 0.25) is 0 Å². The Labute approximate surface area is 317 Å². The smallest absolute Gasteiger partial charge is 0.120 e. The van der Waals surface area contributed by atoms with Crippen molar-refractivity contribution in [3.8, 4) is 22.5 Å². The molecule has 1 atom stereocenters. The molecule has 4 heteroatoms. The number of furan rings is 1. The van der Waals surface area contributed by atoms with Crippen LogP contribution in [0, 0.1) is 44.7 Å². The van der Waals surface area contributed by atoms with Gasteiger partial charge in [-0.3, -0.25) is 0 Å². The first-order chi connectivity index (χ1) is 24.1. The first-order valence-corrected chi connectivity index (χ1v) is 17.9. The number of rotatable bonds is 8. The predicted molar refractivity (Wildman–Crippen MR) is 210 cm³/mol. The molecule has 0 aliphatic heterocycles. The number of fused-ring (bicyclic) bond motifs is 3. The third-order valence-corrected chi connectivity index (χ3v) is 9.38. The van der Waals surface area contributed by atoms with Crippen molar-refractivity contribution in [3.63, 3.8) is 0 Å². The van der Waals surface area contributed by atoms with E-state index in [9.17, 15) is 0 Å². The summed E-state index contributed by atoms with van der Waals surface area (Å²) in [6.45, 7) is 17.6. The molecule has 7 aromatic rings. The Kier molecular flexibility index (Phi) is 12.4. The fraction of sp³-hybridized carbons (Fsp3) is 0.277. The number of hydrogen-bond donors (Lipinski definition) is 0. The number of para-hydroxylation sites is 1. The van der Waals surface area contributed by atoms with Crippen LogP contribution in [-0.4, -0.2) is 9.97 Å². The minimum Gasteiger partial charge on any atom is -0.500 e. The number of aryl methyl sites for hydroxylation is 3. The third kappa shape index (κ3) is 8.93. The topological polar surface area (TPSA) is 38.9 Å². The minimum atomic E-state index is 0. The summed E-state index contributed by atoms with van der Waals surface area (Å²) in [5.74, 6) is 1.42. The van der Waals surface area contributed by atoms with Gasteiger partial charge in [-0.25, -0.2) is 0 Å². The van der Waals surface area contributed by atoms with E-state index in [2.05, 4.69) is 145 Å². The molecule has 51 heavy (non-hydrogen) atoms. The standard InChI is InChI=1S/C30H28NO.C17H20N.Ir/c1-19(2)14-23-17-28(31-18-20(23)3)24-15-26(21(4)22-10-6-5-7-11-22)30-27(16-24)25-12-8-9-13-29(25)32-30;1-12(2)9-16-10-17(18-11-14(16)4)15-7-5-13(3)6-8-15;/h5-13,16-19,21H,14H2,1-4H3;5-7,10-12H,9H2,1-4H3;/q2*-1;. The van der Waals surface area contributed by atoms with Crippen molar-refractivity contribution in [2.75, 3.05) is 0 Å². The molecule has 3 heterocycles. The van der Waals surface area contributed by atoms with Crippen molar-refractivity contribution in [3.05, 3.63) is 154 Å². The third-order valence-electron chi connectivity index (χ3n) is 9.38. The van der Waals surface area contributed by atoms with Crippen LogP contribution in [0.15, 0.2) is 108 Å². The summed E-state index contributed by atoms with van der Waals surface area (Å²) in [5, 5.41) is 2.26. The molecular weight excluding hydrogens is 801 g/mol. The maximum Gasteiger partial charge on any atom is 0.120 e. The molecule has 0 N–H and O–H groups in total. The molecule has 0 aliphatic carbocycles. The minimum absolute atomic E-state index is 0. The van der Waals surface area contributed by atoms with Crippen LogP contribution in [0.2, 0.25) is 0 Å². The van der Waals surface area contributed by atoms with Crippen LogP contribution in [0.5, 0.6) is 0 Å². The summed E-state index contributed by atoms with van der Waals surface area (Å²) in [6.07, 6.45) is 6.12. The van der Waals surface area contributed by atoms with E-state index < -0.39 is 0 Å². The van der Waals surface area contributed by atoms with Gasteiger partial charge in [0.25, 0.3) is 0 Å². The second-order valence-electron chi connectivity index (χ2n) is 14.5. The van der Waals surface area contributed by atoms with E-state index in [1.807, 2.05) is 30.6 Å². The van der Waals surface area contributed by atoms with Gasteiger partial charge in [0, 0.05) is 37.9 Å². The maximum atomic E-state index is 6.36. The summed E-state index contributed by atoms with van der Waals surface area (Å²) < 4.78 is 6.36. The average molecular weight is 849 g/mol. The number of hydrogen-bond acceptors (Lipinski definition) is 3. The molecule has 0 spiro atoms. The van der Waals surface area contributed by atoms with Gasteiger partial charge in [0.1, 0.15) is 5.58 Å². The molecule has 0 bridgehead atoms. The zero-order valence-corrected chi connectivity index (χ0v) is 33.5. The van der Waals surface area contributed by atoms with E-state index in [0.29, 0.717) is 11.8 Å². The summed E-state index contributed by atoms with van der Waals surface area (Å²) >= 11 is 0. The largest absolute Gasteiger partial charge is 0.500 e. The maximum absolute atomic E-state index is 6.36. The quantitative estimate of drug-likeness (QED) is 0.143. The molecule has 4 aromatic carbocycles. The first kappa shape index (κ1) is 37.9. The molecule has 1 radical (unpaired) electrons. The van der Waals surface area contributed by atoms with Gasteiger partial charge in [-0.2, -0.15) is 0 Å². The predicted octanol–water partition coefficient (Wildman–Crippen LogP) is 12.5. The monoisotopic (exact) mass is 849 g/mol. The van der Waals surface area contributed by atoms with Crippen LogP contribution >= 0.6 is 0 Å². The number of benzene rings is 4. The zero-order valence-electron chi connectivity index (χ0n) is 31.1. The second-order valence-corrected chi connectivity index (χ2v) is 14.5. The van der Waals surface area contributed by atoms with E-state index in [0.717, 1.165) is 62.9 Å². The molecule has 0 amide bonds. The number of pyridine rings is 2. The summed E-state index contributed by atoms with van der Waals surface area (Å²) in [4.78, 5) is 9.31. The van der Waals surface area contributed by atoms with Gasteiger partial charge in [-0.15, -0.1) is 53.1 Å². The Morgan fingerprint density at radius 3 is 1.82 bits per heavy atom. The van der Waals surface area contributed by atoms with E-state index in [1.54, 1.807) is 0 Å². The Morgan fingerprint density at radius 1 is 0.647 bits per heavy atom. The molecule has 0 aliphatic rings. The van der Waals surface area contributed by atoms with Gasteiger partial charge in [0.05, 0.1) is 5.58 Å². The first-order valence-electron chi connectivity index (χ1n) is 17.9. The number of aromatic nitrogens is 2. The summed E-state index contributed by atoms with van der Waals surface area (Å²) in [7, 11) is 0. The zero-order chi connectivity index (χ0) is 35.4. The van der Waals surface area contributed by atoms with E-state index in [-0.39, 0.29) is 26.0 Å². The molecule has 3 aromatic heterocycles. The van der Waals surface area contributed by atoms with E-state index in [4.69, 9.17) is 9.40 Å². The van der Waals surface area contributed by atoms with Crippen LogP contribution in [0.3, 0.4) is 0 Å². The van der Waals surface area contributed by atoms with Gasteiger partial charge in [0.15, 0.2) is 0 Å². The summed E-state index contributed by atoms with van der Waals surface area (Å²) in [5.41, 5.74) is 14.7. The average Bonchev–Trinajstić information content (AvgIpc) is 3.49. The Morgan fingerprint density at radius 2 is 1.24 bits per heavy atom. The van der Waals surface area contributed by atoms with Crippen LogP contribution in [0.25, 0.3) is 44.5 Å². The molecule has 3 nitrogen and oxygen atoms in total. The Hall–Kier alpha value is -4.37. The Balaban J connectivity index is 0.000000226. The van der Waals surface area contributed by atoms with Gasteiger partial charge in [-0.1, -0.05) is 124 Å². The van der Waals surface area contributed by atoms with Crippen molar-refractivity contribution < 1.29 is 24.5 Å². The van der Waals surface area contributed by atoms with Crippen molar-refractivity contribution >= 4 is 21.9 Å². The van der Waals surface area contributed by atoms with E-state index in [1.165, 1.54) is 33.4 Å². The van der Waals surface area contributed by atoms with E-state index >= 15 is 0 Å². The molecule has 0 saturated heterocycles. The molecule has 0 saturated carbocycles. The van der Waals surface area contributed by atoms with Crippen molar-refractivity contribution in [1.82, 2.24) is 9.97 Å². The molecule has 1 unspecified atom stereocenters. The van der Waals surface area contributed by atoms with Crippen LogP contribution in [0.1, 0.15) is 79.5 Å². The second kappa shape index (κ2) is 16.8. The summed E-state index contributed by atoms with van der Waals surface area (Å²) in [6, 6.07) is 38.7.